The van der Waals surface area contributed by atoms with Gasteiger partial charge in [-0.3, -0.25) is 15.1 Å². The van der Waals surface area contributed by atoms with Gasteiger partial charge in [-0.2, -0.15) is 13.2 Å². The van der Waals surface area contributed by atoms with Crippen molar-refractivity contribution < 1.29 is 18.1 Å². The van der Waals surface area contributed by atoms with E-state index >= 15 is 0 Å². The van der Waals surface area contributed by atoms with E-state index < -0.39 is 22.4 Å². The van der Waals surface area contributed by atoms with Gasteiger partial charge in [0.25, 0.3) is 5.69 Å². The molecule has 0 saturated carbocycles. The number of hydrogen-bond acceptors (Lipinski definition) is 8. The van der Waals surface area contributed by atoms with Gasteiger partial charge >= 0.3 is 6.18 Å². The predicted molar refractivity (Wildman–Crippen MR) is 108 cm³/mol. The first-order valence-electron chi connectivity index (χ1n) is 8.53. The highest BCUT2D eigenvalue weighted by molar-refractivity contribution is 7.99. The summed E-state index contributed by atoms with van der Waals surface area (Å²) in [6.45, 7) is 0. The highest BCUT2D eigenvalue weighted by atomic mass is 32.2. The fourth-order valence-electron chi connectivity index (χ4n) is 2.65. The molecule has 0 radical (unpaired) electrons. The number of pyridine rings is 1. The van der Waals surface area contributed by atoms with Crippen molar-refractivity contribution in [3.63, 3.8) is 0 Å². The summed E-state index contributed by atoms with van der Waals surface area (Å²) >= 11 is 2.25. The number of nitro groups is 1. The fraction of sp³-hybridized carbons (Fsp3) is 0.111. The molecule has 0 atom stereocenters. The van der Waals surface area contributed by atoms with Crippen LogP contribution in [0.2, 0.25) is 0 Å². The van der Waals surface area contributed by atoms with Crippen LogP contribution in [0.15, 0.2) is 58.2 Å². The minimum absolute atomic E-state index is 0.0226. The smallest absolute Gasteiger partial charge is 0.304 e. The number of hydrogen-bond donors (Lipinski definition) is 0. The third-order valence-corrected chi connectivity index (χ3v) is 6.16. The van der Waals surface area contributed by atoms with Gasteiger partial charge in [0.2, 0.25) is 0 Å². The van der Waals surface area contributed by atoms with Crippen LogP contribution < -0.4 is 0 Å². The number of aromatic nitrogens is 5. The fourth-order valence-corrected chi connectivity index (χ4v) is 4.31. The molecule has 0 aliphatic heterocycles. The van der Waals surface area contributed by atoms with Gasteiger partial charge in [-0.1, -0.05) is 0 Å². The van der Waals surface area contributed by atoms with Crippen molar-refractivity contribution in [2.24, 2.45) is 7.05 Å². The Labute approximate surface area is 181 Å². The van der Waals surface area contributed by atoms with Crippen molar-refractivity contribution >= 4 is 28.8 Å². The van der Waals surface area contributed by atoms with Crippen molar-refractivity contribution in [1.82, 2.24) is 24.7 Å². The topological polar surface area (TPSA) is 99.6 Å². The molecule has 31 heavy (non-hydrogen) atoms. The molecule has 3 heterocycles. The molecule has 0 saturated heterocycles. The Balaban J connectivity index is 1.64. The van der Waals surface area contributed by atoms with E-state index in [0.29, 0.717) is 17.6 Å². The van der Waals surface area contributed by atoms with Gasteiger partial charge in [-0.05, 0) is 36.0 Å². The Morgan fingerprint density at radius 1 is 1.23 bits per heavy atom. The molecule has 3 aromatic heterocycles. The van der Waals surface area contributed by atoms with E-state index in [0.717, 1.165) is 34.5 Å². The lowest BCUT2D eigenvalue weighted by Gasteiger charge is -2.08. The molecular weight excluding hydrogens is 453 g/mol. The Bertz CT molecular complexity index is 1260. The van der Waals surface area contributed by atoms with E-state index in [9.17, 15) is 23.3 Å². The monoisotopic (exact) mass is 464 g/mol. The third-order valence-electron chi connectivity index (χ3n) is 4.16. The molecule has 0 spiro atoms. The van der Waals surface area contributed by atoms with Crippen molar-refractivity contribution in [2.75, 3.05) is 0 Å². The summed E-state index contributed by atoms with van der Waals surface area (Å²) in [5, 5.41) is 22.2. The minimum Gasteiger partial charge on any atom is -0.304 e. The summed E-state index contributed by atoms with van der Waals surface area (Å²) < 4.78 is 40.3. The number of nitrogens with zero attached hydrogens (tertiary/aromatic N) is 6. The van der Waals surface area contributed by atoms with E-state index in [4.69, 9.17) is 0 Å². The second-order valence-corrected chi connectivity index (χ2v) is 8.05. The molecule has 0 aliphatic rings. The van der Waals surface area contributed by atoms with Crippen LogP contribution in [-0.4, -0.2) is 29.7 Å². The van der Waals surface area contributed by atoms with Gasteiger partial charge < -0.3 is 4.57 Å². The number of thiazole rings is 1. The van der Waals surface area contributed by atoms with Crippen molar-refractivity contribution in [3.8, 4) is 22.1 Å². The zero-order valence-corrected chi connectivity index (χ0v) is 17.2. The molecule has 13 heteroatoms. The molecule has 0 amide bonds. The standard InChI is InChI=1S/C18H11F3N6O2S2/c1-26-15(12-9-30-16(23-12)10-3-2-6-22-8-10)24-25-17(26)31-14-5-4-11(18(19,20)21)7-13(14)27(28)29/h2-9H,1H3. The molecule has 4 aromatic rings. The maximum atomic E-state index is 12.9. The molecular formula is C18H11F3N6O2S2. The zero-order chi connectivity index (χ0) is 22.2. The van der Waals surface area contributed by atoms with Gasteiger partial charge in [0.05, 0.1) is 15.4 Å². The lowest BCUT2D eigenvalue weighted by Crippen LogP contribution is -2.06. The Morgan fingerprint density at radius 3 is 2.71 bits per heavy atom. The maximum absolute atomic E-state index is 12.9. The summed E-state index contributed by atoms with van der Waals surface area (Å²) in [6, 6.07) is 6.04. The first-order chi connectivity index (χ1) is 14.7. The van der Waals surface area contributed by atoms with E-state index in [1.54, 1.807) is 35.5 Å². The van der Waals surface area contributed by atoms with E-state index in [-0.39, 0.29) is 10.1 Å². The minimum atomic E-state index is -4.68. The van der Waals surface area contributed by atoms with Gasteiger partial charge in [-0.15, -0.1) is 21.5 Å². The summed E-state index contributed by atoms with van der Waals surface area (Å²) in [5.74, 6) is 0.420. The maximum Gasteiger partial charge on any atom is 0.416 e. The van der Waals surface area contributed by atoms with Gasteiger partial charge in [0, 0.05) is 36.5 Å². The highest BCUT2D eigenvalue weighted by Gasteiger charge is 2.33. The summed E-state index contributed by atoms with van der Waals surface area (Å²) in [7, 11) is 1.65. The Morgan fingerprint density at radius 2 is 2.03 bits per heavy atom. The van der Waals surface area contributed by atoms with Crippen LogP contribution in [-0.2, 0) is 13.2 Å². The first kappa shape index (κ1) is 20.9. The number of benzene rings is 1. The van der Waals surface area contributed by atoms with Crippen LogP contribution >= 0.6 is 23.1 Å². The van der Waals surface area contributed by atoms with Crippen LogP contribution in [0, 0.1) is 10.1 Å². The van der Waals surface area contributed by atoms with Crippen LogP contribution in [0.5, 0.6) is 0 Å². The normalized spacial score (nSPS) is 11.6. The van der Waals surface area contributed by atoms with Crippen LogP contribution in [0.25, 0.3) is 22.1 Å². The number of halogens is 3. The summed E-state index contributed by atoms with van der Waals surface area (Å²) in [4.78, 5) is 19.1. The van der Waals surface area contributed by atoms with E-state index in [1.165, 1.54) is 11.3 Å². The molecule has 0 aliphatic carbocycles. The average Bonchev–Trinajstić information content (AvgIpc) is 3.35. The van der Waals surface area contributed by atoms with E-state index in [1.807, 2.05) is 6.07 Å². The molecule has 0 fully saturated rings. The molecule has 0 unspecified atom stereocenters. The van der Waals surface area contributed by atoms with Gasteiger partial charge in [0.1, 0.15) is 10.7 Å². The number of alkyl halides is 3. The van der Waals surface area contributed by atoms with Crippen molar-refractivity contribution in [1.29, 1.82) is 0 Å². The first-order valence-corrected chi connectivity index (χ1v) is 10.2. The van der Waals surface area contributed by atoms with Crippen LogP contribution in [0.4, 0.5) is 18.9 Å². The van der Waals surface area contributed by atoms with Crippen LogP contribution in [0.3, 0.4) is 0 Å². The molecule has 4 rings (SSSR count). The Hall–Kier alpha value is -3.32. The molecule has 1 aromatic carbocycles. The summed E-state index contributed by atoms with van der Waals surface area (Å²) in [6.07, 6.45) is -1.34. The largest absolute Gasteiger partial charge is 0.416 e. The van der Waals surface area contributed by atoms with Crippen molar-refractivity contribution in [3.05, 3.63) is 63.8 Å². The van der Waals surface area contributed by atoms with E-state index in [2.05, 4.69) is 20.2 Å². The third kappa shape index (κ3) is 4.27. The lowest BCUT2D eigenvalue weighted by atomic mass is 10.2. The average molecular weight is 464 g/mol. The predicted octanol–water partition coefficient (Wildman–Crippen LogP) is 5.08. The highest BCUT2D eigenvalue weighted by Crippen LogP contribution is 2.39. The molecule has 0 bridgehead atoms. The van der Waals surface area contributed by atoms with Crippen molar-refractivity contribution in [2.45, 2.75) is 16.2 Å². The summed E-state index contributed by atoms with van der Waals surface area (Å²) in [5.41, 5.74) is -0.354. The van der Waals surface area contributed by atoms with Gasteiger partial charge in [0.15, 0.2) is 11.0 Å². The number of rotatable bonds is 5. The quantitative estimate of drug-likeness (QED) is 0.300. The second-order valence-electron chi connectivity index (χ2n) is 6.18. The number of nitro benzene ring substituents is 1. The Kier molecular flexibility index (Phi) is 5.45. The molecule has 0 N–H and O–H groups in total. The SMILES string of the molecule is Cn1c(Sc2ccc(C(F)(F)F)cc2[N+](=O)[O-])nnc1-c1csc(-c2cccnc2)n1. The second kappa shape index (κ2) is 8.07. The molecule has 158 valence electrons. The lowest BCUT2D eigenvalue weighted by molar-refractivity contribution is -0.388. The zero-order valence-electron chi connectivity index (χ0n) is 15.6. The van der Waals surface area contributed by atoms with Crippen LogP contribution in [0.1, 0.15) is 5.56 Å². The molecule has 8 nitrogen and oxygen atoms in total. The van der Waals surface area contributed by atoms with Gasteiger partial charge in [-0.25, -0.2) is 4.98 Å².